The second-order valence-corrected chi connectivity index (χ2v) is 6.01. The van der Waals surface area contributed by atoms with Gasteiger partial charge in [0.1, 0.15) is 0 Å². The molecule has 0 amide bonds. The topological polar surface area (TPSA) is 45.2 Å². The van der Waals surface area contributed by atoms with Crippen LogP contribution in [0, 0.1) is 0 Å². The number of fused-ring (bicyclic) bond motifs is 1. The molecule has 122 valence electrons. The maximum absolute atomic E-state index is 9.32. The Bertz CT molecular complexity index is 1030. The van der Waals surface area contributed by atoms with Gasteiger partial charge in [0.05, 0.1) is 18.5 Å². The lowest BCUT2D eigenvalue weighted by atomic mass is 10.0. The Labute approximate surface area is 146 Å². The Morgan fingerprint density at radius 1 is 0.720 bits per heavy atom. The van der Waals surface area contributed by atoms with Gasteiger partial charge in [-0.25, -0.2) is 0 Å². The summed E-state index contributed by atoms with van der Waals surface area (Å²) in [5, 5.41) is 15.2. The maximum atomic E-state index is 9.32. The van der Waals surface area contributed by atoms with Crippen LogP contribution in [-0.4, -0.2) is 10.1 Å². The fourth-order valence-electron chi connectivity index (χ4n) is 2.95. The minimum atomic E-state index is 0.0380. The molecule has 1 heterocycles. The molecule has 0 atom stereocenters. The molecule has 3 nitrogen and oxygen atoms in total. The number of pyridine rings is 1. The van der Waals surface area contributed by atoms with Gasteiger partial charge in [0.2, 0.25) is 0 Å². The van der Waals surface area contributed by atoms with Gasteiger partial charge in [-0.1, -0.05) is 48.5 Å². The molecule has 2 N–H and O–H groups in total. The zero-order valence-corrected chi connectivity index (χ0v) is 13.7. The van der Waals surface area contributed by atoms with Crippen LogP contribution in [0.4, 0.5) is 11.4 Å². The fourth-order valence-corrected chi connectivity index (χ4v) is 2.95. The van der Waals surface area contributed by atoms with Gasteiger partial charge >= 0.3 is 0 Å². The molecule has 4 aromatic rings. The smallest absolute Gasteiger partial charge is 0.0682 e. The van der Waals surface area contributed by atoms with E-state index in [0.29, 0.717) is 0 Å². The fraction of sp³-hybridized carbons (Fsp3) is 0.0455. The molecule has 25 heavy (non-hydrogen) atoms. The van der Waals surface area contributed by atoms with Gasteiger partial charge in [-0.3, -0.25) is 4.98 Å². The van der Waals surface area contributed by atoms with E-state index in [9.17, 15) is 5.11 Å². The second-order valence-electron chi connectivity index (χ2n) is 6.01. The average molecular weight is 326 g/mol. The highest BCUT2D eigenvalue weighted by molar-refractivity contribution is 5.86. The van der Waals surface area contributed by atoms with Crippen molar-refractivity contribution in [2.24, 2.45) is 0 Å². The second kappa shape index (κ2) is 6.75. The van der Waals surface area contributed by atoms with E-state index in [1.165, 1.54) is 10.8 Å². The van der Waals surface area contributed by atoms with Crippen LogP contribution in [0.1, 0.15) is 5.56 Å². The first-order valence-electron chi connectivity index (χ1n) is 8.23. The molecule has 0 aliphatic carbocycles. The van der Waals surface area contributed by atoms with Crippen molar-refractivity contribution in [2.45, 2.75) is 6.61 Å². The Hall–Kier alpha value is -3.17. The number of hydrogen-bond acceptors (Lipinski definition) is 3. The van der Waals surface area contributed by atoms with Crippen LogP contribution in [0.25, 0.3) is 21.9 Å². The van der Waals surface area contributed by atoms with Crippen molar-refractivity contribution >= 4 is 22.1 Å². The number of aromatic nitrogens is 1. The molecule has 4 rings (SSSR count). The van der Waals surface area contributed by atoms with E-state index >= 15 is 0 Å². The average Bonchev–Trinajstić information content (AvgIpc) is 2.68. The summed E-state index contributed by atoms with van der Waals surface area (Å²) in [6.07, 6.45) is 3.65. The van der Waals surface area contributed by atoms with Crippen LogP contribution in [-0.2, 0) is 6.61 Å². The van der Waals surface area contributed by atoms with Crippen LogP contribution in [0.3, 0.4) is 0 Å². The lowest BCUT2D eigenvalue weighted by Gasteiger charge is -2.10. The van der Waals surface area contributed by atoms with E-state index in [4.69, 9.17) is 0 Å². The third-order valence-corrected chi connectivity index (χ3v) is 4.22. The van der Waals surface area contributed by atoms with Crippen molar-refractivity contribution < 1.29 is 5.11 Å². The van der Waals surface area contributed by atoms with Crippen molar-refractivity contribution in [3.05, 3.63) is 90.8 Å². The summed E-state index contributed by atoms with van der Waals surface area (Å²) in [4.78, 5) is 4.35. The summed E-state index contributed by atoms with van der Waals surface area (Å²) in [5.74, 6) is 0. The van der Waals surface area contributed by atoms with Crippen LogP contribution in [0.5, 0.6) is 0 Å². The molecule has 3 heteroatoms. The summed E-state index contributed by atoms with van der Waals surface area (Å²) in [7, 11) is 0. The lowest BCUT2D eigenvalue weighted by Crippen LogP contribution is -1.92. The van der Waals surface area contributed by atoms with Crippen molar-refractivity contribution in [3.8, 4) is 11.1 Å². The predicted molar refractivity (Wildman–Crippen MR) is 103 cm³/mol. The number of aliphatic hydroxyl groups is 1. The third kappa shape index (κ3) is 3.37. The largest absolute Gasteiger partial charge is 0.392 e. The third-order valence-electron chi connectivity index (χ3n) is 4.22. The number of aliphatic hydroxyl groups excluding tert-OH is 1. The van der Waals surface area contributed by atoms with E-state index < -0.39 is 0 Å². The van der Waals surface area contributed by atoms with E-state index in [0.717, 1.165) is 28.1 Å². The molecule has 0 saturated carbocycles. The SMILES string of the molecule is OCc1cccc(-c2cncc(Nc3ccc4ccccc4c3)c2)c1. The molecular weight excluding hydrogens is 308 g/mol. The first-order valence-corrected chi connectivity index (χ1v) is 8.23. The Morgan fingerprint density at radius 2 is 1.60 bits per heavy atom. The van der Waals surface area contributed by atoms with Crippen LogP contribution >= 0.6 is 0 Å². The van der Waals surface area contributed by atoms with Gasteiger partial charge in [0.25, 0.3) is 0 Å². The summed E-state index contributed by atoms with van der Waals surface area (Å²) in [6, 6.07) is 24.6. The number of anilines is 2. The highest BCUT2D eigenvalue weighted by Gasteiger charge is 2.03. The van der Waals surface area contributed by atoms with Crippen molar-refractivity contribution in [2.75, 3.05) is 5.32 Å². The Kier molecular flexibility index (Phi) is 4.15. The molecule has 0 saturated heterocycles. The van der Waals surface area contributed by atoms with Crippen molar-refractivity contribution in [3.63, 3.8) is 0 Å². The van der Waals surface area contributed by atoms with E-state index in [1.54, 1.807) is 0 Å². The van der Waals surface area contributed by atoms with Crippen LogP contribution in [0.2, 0.25) is 0 Å². The van der Waals surface area contributed by atoms with E-state index in [1.807, 2.05) is 48.8 Å². The predicted octanol–water partition coefficient (Wildman–Crippen LogP) is 5.14. The van der Waals surface area contributed by atoms with Crippen LogP contribution < -0.4 is 5.32 Å². The summed E-state index contributed by atoms with van der Waals surface area (Å²) >= 11 is 0. The summed E-state index contributed by atoms with van der Waals surface area (Å²) in [5.41, 5.74) is 4.91. The molecule has 0 radical (unpaired) electrons. The molecule has 0 aliphatic rings. The highest BCUT2D eigenvalue weighted by atomic mass is 16.3. The molecule has 1 aromatic heterocycles. The van der Waals surface area contributed by atoms with Crippen molar-refractivity contribution in [1.82, 2.24) is 4.98 Å². The minimum absolute atomic E-state index is 0.0380. The Balaban J connectivity index is 1.64. The molecule has 0 fully saturated rings. The zero-order chi connectivity index (χ0) is 17.1. The maximum Gasteiger partial charge on any atom is 0.0682 e. The molecule has 3 aromatic carbocycles. The quantitative estimate of drug-likeness (QED) is 0.546. The number of hydrogen-bond donors (Lipinski definition) is 2. The highest BCUT2D eigenvalue weighted by Crippen LogP contribution is 2.26. The molecule has 0 spiro atoms. The standard InChI is InChI=1S/C22H18N2O/c25-15-16-4-3-7-18(10-16)20-12-22(14-23-13-20)24-21-9-8-17-5-1-2-6-19(17)11-21/h1-14,24-25H,15H2. The number of nitrogens with zero attached hydrogens (tertiary/aromatic N) is 1. The molecule has 0 aliphatic heterocycles. The zero-order valence-electron chi connectivity index (χ0n) is 13.7. The van der Waals surface area contributed by atoms with Gasteiger partial charge in [0, 0.05) is 17.4 Å². The number of benzene rings is 3. The molecular formula is C22H18N2O. The summed E-state index contributed by atoms with van der Waals surface area (Å²) < 4.78 is 0. The summed E-state index contributed by atoms with van der Waals surface area (Å²) in [6.45, 7) is 0.0380. The molecule has 0 bridgehead atoms. The minimum Gasteiger partial charge on any atom is -0.392 e. The first kappa shape index (κ1) is 15.4. The van der Waals surface area contributed by atoms with Gasteiger partial charge in [-0.05, 0) is 46.2 Å². The van der Waals surface area contributed by atoms with E-state index in [-0.39, 0.29) is 6.61 Å². The van der Waals surface area contributed by atoms with E-state index in [2.05, 4.69) is 46.7 Å². The van der Waals surface area contributed by atoms with Crippen LogP contribution in [0.15, 0.2) is 85.2 Å². The number of rotatable bonds is 4. The number of nitrogens with one attached hydrogen (secondary N) is 1. The molecule has 0 unspecified atom stereocenters. The monoisotopic (exact) mass is 326 g/mol. The Morgan fingerprint density at radius 3 is 2.48 bits per heavy atom. The van der Waals surface area contributed by atoms with Gasteiger partial charge in [-0.15, -0.1) is 0 Å². The first-order chi connectivity index (χ1) is 12.3. The normalized spacial score (nSPS) is 10.8. The van der Waals surface area contributed by atoms with Gasteiger partial charge < -0.3 is 10.4 Å². The van der Waals surface area contributed by atoms with Gasteiger partial charge in [0.15, 0.2) is 0 Å². The lowest BCUT2D eigenvalue weighted by molar-refractivity contribution is 0.282. The van der Waals surface area contributed by atoms with Crippen molar-refractivity contribution in [1.29, 1.82) is 0 Å². The van der Waals surface area contributed by atoms with Gasteiger partial charge in [-0.2, -0.15) is 0 Å².